The van der Waals surface area contributed by atoms with Crippen molar-refractivity contribution in [3.63, 3.8) is 0 Å². The van der Waals surface area contributed by atoms with Crippen LogP contribution in [0.5, 0.6) is 0 Å². The molecular weight excluding hydrogens is 264 g/mol. The van der Waals surface area contributed by atoms with E-state index in [4.69, 9.17) is 15.2 Å². The van der Waals surface area contributed by atoms with Crippen LogP contribution in [-0.2, 0) is 9.47 Å². The lowest BCUT2D eigenvalue weighted by Gasteiger charge is -2.51. The van der Waals surface area contributed by atoms with Crippen LogP contribution in [0.4, 0.5) is 0 Å². The van der Waals surface area contributed by atoms with Crippen LogP contribution in [-0.4, -0.2) is 56.5 Å². The fourth-order valence-electron chi connectivity index (χ4n) is 3.78. The van der Waals surface area contributed by atoms with Crippen LogP contribution in [0.2, 0.25) is 0 Å². The molecule has 0 saturated heterocycles. The molecule has 4 nitrogen and oxygen atoms in total. The first-order valence-corrected chi connectivity index (χ1v) is 8.71. The monoisotopic (exact) mass is 300 g/mol. The van der Waals surface area contributed by atoms with Crippen LogP contribution in [0.3, 0.4) is 0 Å². The minimum atomic E-state index is 0.126. The van der Waals surface area contributed by atoms with Crippen molar-refractivity contribution in [1.82, 2.24) is 4.90 Å². The van der Waals surface area contributed by atoms with Crippen molar-refractivity contribution < 1.29 is 9.47 Å². The van der Waals surface area contributed by atoms with Crippen LogP contribution in [0.15, 0.2) is 0 Å². The molecule has 126 valence electrons. The van der Waals surface area contributed by atoms with E-state index in [-0.39, 0.29) is 5.54 Å². The second kappa shape index (κ2) is 9.78. The smallest absolute Gasteiger partial charge is 0.0593 e. The molecule has 0 radical (unpaired) electrons. The van der Waals surface area contributed by atoms with E-state index in [9.17, 15) is 0 Å². The molecule has 2 N–H and O–H groups in total. The Morgan fingerprint density at radius 3 is 2.10 bits per heavy atom. The van der Waals surface area contributed by atoms with Crippen molar-refractivity contribution in [2.75, 3.05) is 46.1 Å². The summed E-state index contributed by atoms with van der Waals surface area (Å²) in [7, 11) is 0. The molecule has 0 aromatic rings. The van der Waals surface area contributed by atoms with E-state index in [2.05, 4.69) is 18.7 Å². The van der Waals surface area contributed by atoms with Gasteiger partial charge in [0.05, 0.1) is 13.2 Å². The zero-order valence-corrected chi connectivity index (χ0v) is 14.6. The molecular formula is C17H36N2O2. The normalized spacial score (nSPS) is 30.0. The Hall–Kier alpha value is -0.160. The number of hydrogen-bond donors (Lipinski definition) is 1. The molecule has 1 saturated carbocycles. The Morgan fingerprint density at radius 1 is 1.10 bits per heavy atom. The predicted molar refractivity (Wildman–Crippen MR) is 88.5 cm³/mol. The Kier molecular flexibility index (Phi) is 8.79. The molecule has 1 aliphatic rings. The molecule has 0 bridgehead atoms. The van der Waals surface area contributed by atoms with Crippen LogP contribution >= 0.6 is 0 Å². The molecule has 3 atom stereocenters. The first kappa shape index (κ1) is 18.9. The van der Waals surface area contributed by atoms with Gasteiger partial charge in [0.1, 0.15) is 0 Å². The second-order valence-electron chi connectivity index (χ2n) is 6.47. The maximum absolute atomic E-state index is 6.26. The Balaban J connectivity index is 2.74. The summed E-state index contributed by atoms with van der Waals surface area (Å²) in [6.45, 7) is 14.6. The van der Waals surface area contributed by atoms with Gasteiger partial charge < -0.3 is 15.2 Å². The van der Waals surface area contributed by atoms with E-state index in [0.29, 0.717) is 5.92 Å². The van der Waals surface area contributed by atoms with Gasteiger partial charge in [-0.1, -0.05) is 13.8 Å². The topological polar surface area (TPSA) is 47.7 Å². The maximum Gasteiger partial charge on any atom is 0.0593 e. The minimum absolute atomic E-state index is 0.126. The van der Waals surface area contributed by atoms with Gasteiger partial charge in [-0.05, 0) is 44.9 Å². The van der Waals surface area contributed by atoms with Crippen molar-refractivity contribution in [3.05, 3.63) is 0 Å². The predicted octanol–water partition coefficient (Wildman–Crippen LogP) is 2.51. The lowest BCUT2D eigenvalue weighted by Crippen LogP contribution is -2.61. The van der Waals surface area contributed by atoms with Gasteiger partial charge in [-0.25, -0.2) is 0 Å². The van der Waals surface area contributed by atoms with Crippen LogP contribution in [0.25, 0.3) is 0 Å². The zero-order valence-electron chi connectivity index (χ0n) is 14.6. The molecule has 0 heterocycles. The summed E-state index contributed by atoms with van der Waals surface area (Å²) in [5, 5.41) is 0. The average Bonchev–Trinajstić information content (AvgIpc) is 2.47. The molecule has 0 aliphatic heterocycles. The minimum Gasteiger partial charge on any atom is -0.380 e. The summed E-state index contributed by atoms with van der Waals surface area (Å²) in [4.78, 5) is 2.55. The molecule has 4 heteroatoms. The van der Waals surface area contributed by atoms with E-state index < -0.39 is 0 Å². The van der Waals surface area contributed by atoms with Crippen molar-refractivity contribution in [2.24, 2.45) is 17.6 Å². The van der Waals surface area contributed by atoms with Crippen LogP contribution < -0.4 is 5.73 Å². The number of nitrogens with zero attached hydrogens (tertiary/aromatic N) is 1. The highest BCUT2D eigenvalue weighted by Gasteiger charge is 2.43. The highest BCUT2D eigenvalue weighted by molar-refractivity contribution is 4.99. The van der Waals surface area contributed by atoms with Crippen molar-refractivity contribution >= 4 is 0 Å². The highest BCUT2D eigenvalue weighted by Crippen LogP contribution is 2.40. The van der Waals surface area contributed by atoms with Crippen molar-refractivity contribution in [3.8, 4) is 0 Å². The molecule has 21 heavy (non-hydrogen) atoms. The van der Waals surface area contributed by atoms with Gasteiger partial charge in [0.25, 0.3) is 0 Å². The third-order valence-electron chi connectivity index (χ3n) is 5.15. The van der Waals surface area contributed by atoms with E-state index >= 15 is 0 Å². The van der Waals surface area contributed by atoms with Gasteiger partial charge in [0.2, 0.25) is 0 Å². The van der Waals surface area contributed by atoms with Crippen LogP contribution in [0, 0.1) is 11.8 Å². The lowest BCUT2D eigenvalue weighted by molar-refractivity contribution is -0.0313. The summed E-state index contributed by atoms with van der Waals surface area (Å²) in [5.74, 6) is 1.45. The van der Waals surface area contributed by atoms with E-state index in [0.717, 1.165) is 52.0 Å². The van der Waals surface area contributed by atoms with Gasteiger partial charge in [0, 0.05) is 38.4 Å². The highest BCUT2D eigenvalue weighted by atomic mass is 16.5. The van der Waals surface area contributed by atoms with Crippen molar-refractivity contribution in [2.45, 2.75) is 52.5 Å². The maximum atomic E-state index is 6.26. The number of nitrogens with two attached hydrogens (primary N) is 1. The molecule has 0 aromatic carbocycles. The number of rotatable bonds is 10. The average molecular weight is 300 g/mol. The largest absolute Gasteiger partial charge is 0.380 e. The second-order valence-corrected chi connectivity index (χ2v) is 6.47. The van der Waals surface area contributed by atoms with Crippen molar-refractivity contribution in [1.29, 1.82) is 0 Å². The van der Waals surface area contributed by atoms with E-state index in [1.54, 1.807) is 0 Å². The fourth-order valence-corrected chi connectivity index (χ4v) is 3.78. The van der Waals surface area contributed by atoms with Gasteiger partial charge in [-0.3, -0.25) is 4.90 Å². The molecule has 1 rings (SSSR count). The summed E-state index contributed by atoms with van der Waals surface area (Å²) in [5.41, 5.74) is 6.39. The Bertz CT molecular complexity index is 266. The zero-order chi connectivity index (χ0) is 15.7. The van der Waals surface area contributed by atoms with Gasteiger partial charge in [0.15, 0.2) is 0 Å². The third-order valence-corrected chi connectivity index (χ3v) is 5.15. The molecule has 3 unspecified atom stereocenters. The summed E-state index contributed by atoms with van der Waals surface area (Å²) >= 11 is 0. The standard InChI is InChI=1S/C17H36N2O2/c1-5-20-11-9-19(10-12-21-6-2)17(14-18)8-7-15(3)13-16(17)4/h15-16H,5-14,18H2,1-4H3. The molecule has 1 aliphatic carbocycles. The van der Waals surface area contributed by atoms with Gasteiger partial charge in [-0.15, -0.1) is 0 Å². The summed E-state index contributed by atoms with van der Waals surface area (Å²) < 4.78 is 11.2. The molecule has 1 fully saturated rings. The Labute approximate surface area is 131 Å². The summed E-state index contributed by atoms with van der Waals surface area (Å²) in [6.07, 6.45) is 3.75. The van der Waals surface area contributed by atoms with E-state index in [1.807, 2.05) is 13.8 Å². The third kappa shape index (κ3) is 5.20. The molecule has 0 spiro atoms. The number of ether oxygens (including phenoxy) is 2. The molecule has 0 aromatic heterocycles. The Morgan fingerprint density at radius 2 is 1.67 bits per heavy atom. The van der Waals surface area contributed by atoms with E-state index in [1.165, 1.54) is 19.3 Å². The number of hydrogen-bond acceptors (Lipinski definition) is 4. The lowest BCUT2D eigenvalue weighted by atomic mass is 9.69. The molecule has 0 amide bonds. The fraction of sp³-hybridized carbons (Fsp3) is 1.00. The first-order chi connectivity index (χ1) is 10.1. The van der Waals surface area contributed by atoms with Gasteiger partial charge >= 0.3 is 0 Å². The SMILES string of the molecule is CCOCCN(CCOCC)C1(CN)CCC(C)CC1C. The first-order valence-electron chi connectivity index (χ1n) is 8.71. The summed E-state index contributed by atoms with van der Waals surface area (Å²) in [6, 6.07) is 0. The quantitative estimate of drug-likeness (QED) is 0.630. The van der Waals surface area contributed by atoms with Crippen LogP contribution in [0.1, 0.15) is 47.0 Å². The van der Waals surface area contributed by atoms with Gasteiger partial charge in [-0.2, -0.15) is 0 Å².